The first-order valence-electron chi connectivity index (χ1n) is 3.60. The van der Waals surface area contributed by atoms with Gasteiger partial charge in [-0.05, 0) is 42.6 Å². The number of benzene rings is 1. The van der Waals surface area contributed by atoms with Crippen LogP contribution in [0.15, 0.2) is 6.07 Å². The molecule has 0 N–H and O–H groups in total. The predicted molar refractivity (Wildman–Crippen MR) is 56.1 cm³/mol. The highest BCUT2D eigenvalue weighted by Crippen LogP contribution is 2.31. The maximum Gasteiger partial charge on any atom is 0.254 e. The Morgan fingerprint density at radius 1 is 1.31 bits per heavy atom. The standard InChI is InChI=1S/C9H7Cl3O/c1-4-3-6(10)8(11)7(5(4)2)9(12)13/h3H,1-2H3. The van der Waals surface area contributed by atoms with Gasteiger partial charge in [-0.2, -0.15) is 0 Å². The molecule has 0 aliphatic heterocycles. The van der Waals surface area contributed by atoms with Crippen LogP contribution < -0.4 is 0 Å². The average molecular weight is 238 g/mol. The van der Waals surface area contributed by atoms with Crippen molar-refractivity contribution in [3.63, 3.8) is 0 Å². The molecule has 0 fully saturated rings. The molecule has 0 atom stereocenters. The van der Waals surface area contributed by atoms with Crippen LogP contribution in [0.1, 0.15) is 21.5 Å². The number of carbonyl (C=O) groups excluding carboxylic acids is 1. The van der Waals surface area contributed by atoms with Crippen molar-refractivity contribution in [3.8, 4) is 0 Å². The Hall–Kier alpha value is -0.240. The molecule has 1 aromatic rings. The van der Waals surface area contributed by atoms with Crippen molar-refractivity contribution in [1.29, 1.82) is 0 Å². The summed E-state index contributed by atoms with van der Waals surface area (Å²) in [6.45, 7) is 3.63. The van der Waals surface area contributed by atoms with E-state index in [9.17, 15) is 4.79 Å². The summed E-state index contributed by atoms with van der Waals surface area (Å²) in [5, 5.41) is 0.00614. The summed E-state index contributed by atoms with van der Waals surface area (Å²) in [4.78, 5) is 11.0. The first kappa shape index (κ1) is 10.8. The summed E-state index contributed by atoms with van der Waals surface area (Å²) in [6.07, 6.45) is 0. The van der Waals surface area contributed by atoms with Crippen LogP contribution in [0.2, 0.25) is 10.0 Å². The van der Waals surface area contributed by atoms with Gasteiger partial charge in [-0.25, -0.2) is 0 Å². The zero-order valence-electron chi connectivity index (χ0n) is 7.12. The molecule has 1 nitrogen and oxygen atoms in total. The summed E-state index contributed by atoms with van der Waals surface area (Å²) in [6, 6.07) is 1.71. The molecule has 1 rings (SSSR count). The van der Waals surface area contributed by atoms with Crippen LogP contribution in [-0.4, -0.2) is 5.24 Å². The van der Waals surface area contributed by atoms with Crippen molar-refractivity contribution in [2.45, 2.75) is 13.8 Å². The van der Waals surface area contributed by atoms with E-state index >= 15 is 0 Å². The van der Waals surface area contributed by atoms with E-state index in [1.54, 1.807) is 13.0 Å². The number of rotatable bonds is 1. The molecule has 0 aliphatic rings. The molecule has 4 heteroatoms. The summed E-state index contributed by atoms with van der Waals surface area (Å²) in [5.74, 6) is 0. The fraction of sp³-hybridized carbons (Fsp3) is 0.222. The molecule has 0 spiro atoms. The maximum atomic E-state index is 11.0. The van der Waals surface area contributed by atoms with Gasteiger partial charge >= 0.3 is 0 Å². The second kappa shape index (κ2) is 3.87. The number of halogens is 3. The van der Waals surface area contributed by atoms with Gasteiger partial charge in [0.1, 0.15) is 0 Å². The Bertz CT molecular complexity index is 345. The highest BCUT2D eigenvalue weighted by molar-refractivity contribution is 6.69. The second-order valence-electron chi connectivity index (χ2n) is 2.76. The predicted octanol–water partition coefficient (Wildman–Crippen LogP) is 3.99. The molecular weight excluding hydrogens is 230 g/mol. The molecule has 0 bridgehead atoms. The lowest BCUT2D eigenvalue weighted by molar-refractivity contribution is 0.108. The van der Waals surface area contributed by atoms with Crippen molar-refractivity contribution in [1.82, 2.24) is 0 Å². The van der Waals surface area contributed by atoms with Gasteiger partial charge in [-0.3, -0.25) is 4.79 Å². The van der Waals surface area contributed by atoms with Gasteiger partial charge in [-0.15, -0.1) is 0 Å². The van der Waals surface area contributed by atoms with Gasteiger partial charge in [0.05, 0.1) is 15.6 Å². The van der Waals surface area contributed by atoms with E-state index < -0.39 is 5.24 Å². The quantitative estimate of drug-likeness (QED) is 0.675. The molecule has 0 unspecified atom stereocenters. The third-order valence-electron chi connectivity index (χ3n) is 1.94. The van der Waals surface area contributed by atoms with E-state index in [-0.39, 0.29) is 5.02 Å². The number of carbonyl (C=O) groups is 1. The molecular formula is C9H7Cl3O. The number of hydrogen-bond acceptors (Lipinski definition) is 1. The van der Waals surface area contributed by atoms with Crippen molar-refractivity contribution < 1.29 is 4.79 Å². The van der Waals surface area contributed by atoms with Crippen LogP contribution in [0.25, 0.3) is 0 Å². The van der Waals surface area contributed by atoms with Crippen molar-refractivity contribution in [3.05, 3.63) is 32.8 Å². The van der Waals surface area contributed by atoms with Crippen LogP contribution in [0.3, 0.4) is 0 Å². The lowest BCUT2D eigenvalue weighted by Crippen LogP contribution is -1.98. The highest BCUT2D eigenvalue weighted by Gasteiger charge is 2.15. The Morgan fingerprint density at radius 3 is 2.31 bits per heavy atom. The van der Waals surface area contributed by atoms with Gasteiger partial charge in [0.25, 0.3) is 5.24 Å². The monoisotopic (exact) mass is 236 g/mol. The Balaban J connectivity index is 3.56. The summed E-state index contributed by atoms with van der Waals surface area (Å²) >= 11 is 17.0. The van der Waals surface area contributed by atoms with Crippen LogP contribution >= 0.6 is 34.8 Å². The molecule has 0 aromatic heterocycles. The molecule has 0 saturated heterocycles. The third kappa shape index (κ3) is 1.98. The second-order valence-corrected chi connectivity index (χ2v) is 3.89. The Labute approximate surface area is 91.6 Å². The Kier molecular flexibility index (Phi) is 3.23. The first-order valence-corrected chi connectivity index (χ1v) is 4.73. The molecule has 0 heterocycles. The minimum atomic E-state index is -0.576. The lowest BCUT2D eigenvalue weighted by atomic mass is 10.0. The average Bonchev–Trinajstić information content (AvgIpc) is 2.01. The molecule has 70 valence electrons. The lowest BCUT2D eigenvalue weighted by Gasteiger charge is -2.08. The highest BCUT2D eigenvalue weighted by atomic mass is 35.5. The van der Waals surface area contributed by atoms with E-state index in [1.807, 2.05) is 6.92 Å². The van der Waals surface area contributed by atoms with Crippen molar-refractivity contribution in [2.24, 2.45) is 0 Å². The van der Waals surface area contributed by atoms with Crippen LogP contribution in [0.5, 0.6) is 0 Å². The van der Waals surface area contributed by atoms with Crippen LogP contribution in [0.4, 0.5) is 0 Å². The number of hydrogen-bond donors (Lipinski definition) is 0. The summed E-state index contributed by atoms with van der Waals surface area (Å²) in [7, 11) is 0. The van der Waals surface area contributed by atoms with Crippen LogP contribution in [-0.2, 0) is 0 Å². The van der Waals surface area contributed by atoms with Crippen molar-refractivity contribution in [2.75, 3.05) is 0 Å². The van der Waals surface area contributed by atoms with E-state index in [4.69, 9.17) is 34.8 Å². The largest absolute Gasteiger partial charge is 0.276 e. The molecule has 1 aromatic carbocycles. The van der Waals surface area contributed by atoms with Crippen LogP contribution in [0, 0.1) is 13.8 Å². The fourth-order valence-electron chi connectivity index (χ4n) is 1.08. The molecule has 0 saturated carbocycles. The minimum absolute atomic E-state index is 0.227. The summed E-state index contributed by atoms with van der Waals surface area (Å²) < 4.78 is 0. The van der Waals surface area contributed by atoms with Gasteiger partial charge < -0.3 is 0 Å². The first-order chi connectivity index (χ1) is 5.95. The zero-order chi connectivity index (χ0) is 10.2. The fourth-order valence-corrected chi connectivity index (χ4v) is 1.90. The third-order valence-corrected chi connectivity index (χ3v) is 2.91. The molecule has 0 amide bonds. The van der Waals surface area contributed by atoms with E-state index in [2.05, 4.69) is 0 Å². The minimum Gasteiger partial charge on any atom is -0.276 e. The Morgan fingerprint density at radius 2 is 1.85 bits per heavy atom. The molecule has 0 radical (unpaired) electrons. The van der Waals surface area contributed by atoms with Gasteiger partial charge in [0.15, 0.2) is 0 Å². The molecule has 13 heavy (non-hydrogen) atoms. The van der Waals surface area contributed by atoms with Gasteiger partial charge in [0, 0.05) is 0 Å². The SMILES string of the molecule is Cc1cc(Cl)c(Cl)c(C(=O)Cl)c1C. The summed E-state index contributed by atoms with van der Waals surface area (Å²) in [5.41, 5.74) is 1.97. The number of aryl methyl sites for hydroxylation is 1. The smallest absolute Gasteiger partial charge is 0.254 e. The van der Waals surface area contributed by atoms with Gasteiger partial charge in [-0.1, -0.05) is 23.2 Å². The maximum absolute atomic E-state index is 11.0. The molecule has 0 aliphatic carbocycles. The normalized spacial score (nSPS) is 10.2. The van der Waals surface area contributed by atoms with E-state index in [1.165, 1.54) is 0 Å². The van der Waals surface area contributed by atoms with Gasteiger partial charge in [0.2, 0.25) is 0 Å². The topological polar surface area (TPSA) is 17.1 Å². The van der Waals surface area contributed by atoms with E-state index in [0.717, 1.165) is 11.1 Å². The zero-order valence-corrected chi connectivity index (χ0v) is 9.39. The van der Waals surface area contributed by atoms with Crippen molar-refractivity contribution >= 4 is 40.0 Å². The van der Waals surface area contributed by atoms with E-state index in [0.29, 0.717) is 10.6 Å².